The van der Waals surface area contributed by atoms with Crippen molar-refractivity contribution < 1.29 is 14.5 Å². The second-order valence-corrected chi connectivity index (χ2v) is 7.71. The van der Waals surface area contributed by atoms with Gasteiger partial charge in [0.2, 0.25) is 5.91 Å². The lowest BCUT2D eigenvalue weighted by molar-refractivity contribution is -0.384. The fourth-order valence-electron chi connectivity index (χ4n) is 4.50. The van der Waals surface area contributed by atoms with Gasteiger partial charge < -0.3 is 19.9 Å². The average molecular weight is 410 g/mol. The van der Waals surface area contributed by atoms with Crippen molar-refractivity contribution in [3.05, 3.63) is 64.2 Å². The second-order valence-electron chi connectivity index (χ2n) is 7.71. The molecule has 2 atom stereocenters. The fraction of sp³-hybridized carbons (Fsp3) is 0.409. The maximum absolute atomic E-state index is 13.1. The van der Waals surface area contributed by atoms with E-state index >= 15 is 0 Å². The van der Waals surface area contributed by atoms with Gasteiger partial charge in [0, 0.05) is 56.8 Å². The number of amides is 1. The maximum atomic E-state index is 13.1. The van der Waals surface area contributed by atoms with E-state index in [1.807, 2.05) is 24.3 Å². The van der Waals surface area contributed by atoms with Crippen molar-refractivity contribution in [3.63, 3.8) is 0 Å². The normalized spacial score (nSPS) is 20.3. The van der Waals surface area contributed by atoms with E-state index in [1.165, 1.54) is 0 Å². The standard InChI is InChI=1S/C22H26N4O4/c1-30-12-9-23-22(27)19-14-16-13-18(26(28)29)7-8-20(16)25-11-10-24(15-21(19)25)17-5-3-2-4-6-17/h2-8,13,19,21H,9-12,14-15H2,1H3,(H,23,27)/t19-,21+/m0/s1. The lowest BCUT2D eigenvalue weighted by Crippen LogP contribution is -2.61. The smallest absolute Gasteiger partial charge is 0.269 e. The largest absolute Gasteiger partial charge is 0.383 e. The summed E-state index contributed by atoms with van der Waals surface area (Å²) in [4.78, 5) is 28.5. The Hall–Kier alpha value is -3.13. The van der Waals surface area contributed by atoms with Crippen molar-refractivity contribution in [1.82, 2.24) is 5.32 Å². The number of rotatable bonds is 6. The van der Waals surface area contributed by atoms with Gasteiger partial charge in [-0.1, -0.05) is 18.2 Å². The van der Waals surface area contributed by atoms with Crippen LogP contribution in [-0.4, -0.2) is 56.8 Å². The van der Waals surface area contributed by atoms with Crippen LogP contribution < -0.4 is 15.1 Å². The molecule has 0 unspecified atom stereocenters. The van der Waals surface area contributed by atoms with Crippen LogP contribution in [0.2, 0.25) is 0 Å². The number of nitrogens with zero attached hydrogens (tertiary/aromatic N) is 3. The molecule has 0 aliphatic carbocycles. The highest BCUT2D eigenvalue weighted by Crippen LogP contribution is 2.38. The van der Waals surface area contributed by atoms with Crippen molar-refractivity contribution in [2.75, 3.05) is 49.7 Å². The first kappa shape index (κ1) is 20.2. The molecule has 2 aromatic rings. The third-order valence-corrected chi connectivity index (χ3v) is 5.97. The molecule has 0 aromatic heterocycles. The Labute approximate surface area is 175 Å². The molecular weight excluding hydrogens is 384 g/mol. The number of ether oxygens (including phenoxy) is 1. The molecule has 1 fully saturated rings. The van der Waals surface area contributed by atoms with Crippen LogP contribution in [0, 0.1) is 16.0 Å². The molecule has 0 bridgehead atoms. The predicted octanol–water partition coefficient (Wildman–Crippen LogP) is 2.22. The Morgan fingerprint density at radius 3 is 2.77 bits per heavy atom. The summed E-state index contributed by atoms with van der Waals surface area (Å²) in [5.74, 6) is -0.322. The number of methoxy groups -OCH3 is 1. The number of nitrogens with one attached hydrogen (secondary N) is 1. The van der Waals surface area contributed by atoms with Crippen LogP contribution >= 0.6 is 0 Å². The Morgan fingerprint density at radius 1 is 1.23 bits per heavy atom. The topological polar surface area (TPSA) is 87.9 Å². The predicted molar refractivity (Wildman–Crippen MR) is 115 cm³/mol. The first-order chi connectivity index (χ1) is 14.6. The zero-order valence-electron chi connectivity index (χ0n) is 17.0. The number of nitro groups is 1. The Morgan fingerprint density at radius 2 is 2.03 bits per heavy atom. The van der Waals surface area contributed by atoms with Crippen molar-refractivity contribution in [3.8, 4) is 0 Å². The molecule has 2 aromatic carbocycles. The van der Waals surface area contributed by atoms with Crippen LogP contribution in [0.5, 0.6) is 0 Å². The summed E-state index contributed by atoms with van der Waals surface area (Å²) in [5.41, 5.74) is 3.07. The molecule has 4 rings (SSSR count). The van der Waals surface area contributed by atoms with Crippen LogP contribution in [-0.2, 0) is 16.0 Å². The number of carbonyl (C=O) groups is 1. The quantitative estimate of drug-likeness (QED) is 0.446. The number of carbonyl (C=O) groups excluding carboxylic acids is 1. The molecule has 8 heteroatoms. The summed E-state index contributed by atoms with van der Waals surface area (Å²) in [5, 5.41) is 14.2. The van der Waals surface area contributed by atoms with Gasteiger partial charge in [0.15, 0.2) is 0 Å². The fourth-order valence-corrected chi connectivity index (χ4v) is 4.50. The summed E-state index contributed by atoms with van der Waals surface area (Å²) in [6.07, 6.45) is 0.486. The number of non-ortho nitro benzene ring substituents is 1. The molecule has 158 valence electrons. The van der Waals surface area contributed by atoms with Gasteiger partial charge in [0.05, 0.1) is 23.5 Å². The number of piperazine rings is 1. The molecule has 0 spiro atoms. The number of hydrogen-bond acceptors (Lipinski definition) is 6. The first-order valence-electron chi connectivity index (χ1n) is 10.2. The number of nitro benzene ring substituents is 1. The number of hydrogen-bond donors (Lipinski definition) is 1. The highest BCUT2D eigenvalue weighted by molar-refractivity contribution is 5.82. The van der Waals surface area contributed by atoms with Crippen molar-refractivity contribution >= 4 is 23.0 Å². The summed E-state index contributed by atoms with van der Waals surface area (Å²) in [7, 11) is 1.60. The molecule has 2 aliphatic rings. The van der Waals surface area contributed by atoms with Crippen LogP contribution in [0.4, 0.5) is 17.1 Å². The monoisotopic (exact) mass is 410 g/mol. The van der Waals surface area contributed by atoms with Gasteiger partial charge in [-0.2, -0.15) is 0 Å². The van der Waals surface area contributed by atoms with Crippen LogP contribution in [0.15, 0.2) is 48.5 Å². The van der Waals surface area contributed by atoms with Crippen molar-refractivity contribution in [2.45, 2.75) is 12.5 Å². The molecule has 0 radical (unpaired) electrons. The number of fused-ring (bicyclic) bond motifs is 3. The summed E-state index contributed by atoms with van der Waals surface area (Å²) in [6, 6.07) is 15.2. The zero-order valence-corrected chi connectivity index (χ0v) is 17.0. The number of anilines is 2. The van der Waals surface area contributed by atoms with Crippen LogP contribution in [0.25, 0.3) is 0 Å². The average Bonchev–Trinajstić information content (AvgIpc) is 2.78. The molecule has 0 saturated carbocycles. The SMILES string of the molecule is COCCNC(=O)[C@H]1Cc2cc([N+](=O)[O-])ccc2N2CCN(c3ccccc3)C[C@H]12. The Kier molecular flexibility index (Phi) is 5.85. The van der Waals surface area contributed by atoms with Gasteiger partial charge in [-0.15, -0.1) is 0 Å². The summed E-state index contributed by atoms with van der Waals surface area (Å²) >= 11 is 0. The number of benzene rings is 2. The van der Waals surface area contributed by atoms with E-state index in [9.17, 15) is 14.9 Å². The van der Waals surface area contributed by atoms with Gasteiger partial charge in [0.25, 0.3) is 5.69 Å². The molecule has 1 amide bonds. The van der Waals surface area contributed by atoms with Gasteiger partial charge in [0.1, 0.15) is 0 Å². The van der Waals surface area contributed by atoms with Crippen LogP contribution in [0.1, 0.15) is 5.56 Å². The van der Waals surface area contributed by atoms with E-state index in [-0.39, 0.29) is 28.5 Å². The molecule has 2 aliphatic heterocycles. The molecule has 30 heavy (non-hydrogen) atoms. The van der Waals surface area contributed by atoms with Gasteiger partial charge in [-0.05, 0) is 30.2 Å². The summed E-state index contributed by atoms with van der Waals surface area (Å²) < 4.78 is 5.05. The molecule has 1 N–H and O–H groups in total. The minimum Gasteiger partial charge on any atom is -0.383 e. The van der Waals surface area contributed by atoms with E-state index in [1.54, 1.807) is 19.2 Å². The Balaban J connectivity index is 1.64. The second kappa shape index (κ2) is 8.71. The third kappa shape index (κ3) is 3.95. The third-order valence-electron chi connectivity index (χ3n) is 5.97. The van der Waals surface area contributed by atoms with Gasteiger partial charge >= 0.3 is 0 Å². The van der Waals surface area contributed by atoms with E-state index in [0.717, 1.165) is 36.6 Å². The first-order valence-corrected chi connectivity index (χ1v) is 10.2. The van der Waals surface area contributed by atoms with Gasteiger partial charge in [-0.25, -0.2) is 0 Å². The maximum Gasteiger partial charge on any atom is 0.269 e. The van der Waals surface area contributed by atoms with Gasteiger partial charge in [-0.3, -0.25) is 14.9 Å². The molecule has 2 heterocycles. The Bertz CT molecular complexity index is 921. The lowest BCUT2D eigenvalue weighted by Gasteiger charge is -2.49. The summed E-state index contributed by atoms with van der Waals surface area (Å²) in [6.45, 7) is 3.21. The zero-order chi connectivity index (χ0) is 21.1. The number of para-hydroxylation sites is 1. The molecule has 1 saturated heterocycles. The van der Waals surface area contributed by atoms with E-state index in [4.69, 9.17) is 4.74 Å². The van der Waals surface area contributed by atoms with Crippen molar-refractivity contribution in [1.29, 1.82) is 0 Å². The van der Waals surface area contributed by atoms with E-state index in [2.05, 4.69) is 27.2 Å². The van der Waals surface area contributed by atoms with E-state index < -0.39 is 0 Å². The molecular formula is C22H26N4O4. The van der Waals surface area contributed by atoms with Crippen LogP contribution in [0.3, 0.4) is 0 Å². The lowest BCUT2D eigenvalue weighted by atomic mass is 9.83. The highest BCUT2D eigenvalue weighted by Gasteiger charge is 2.42. The van der Waals surface area contributed by atoms with Crippen molar-refractivity contribution in [2.24, 2.45) is 5.92 Å². The molecule has 8 nitrogen and oxygen atoms in total. The minimum absolute atomic E-state index is 0.00421. The minimum atomic E-state index is -0.382. The van der Waals surface area contributed by atoms with E-state index in [0.29, 0.717) is 19.6 Å². The highest BCUT2D eigenvalue weighted by atomic mass is 16.6.